The van der Waals surface area contributed by atoms with Crippen molar-refractivity contribution in [3.05, 3.63) is 125 Å². The van der Waals surface area contributed by atoms with Crippen LogP contribution in [-0.4, -0.2) is 5.71 Å². The van der Waals surface area contributed by atoms with Crippen molar-refractivity contribution < 1.29 is 0 Å². The van der Waals surface area contributed by atoms with E-state index in [1.165, 1.54) is 22.3 Å². The summed E-state index contributed by atoms with van der Waals surface area (Å²) in [4.78, 5) is 5.03. The zero-order valence-electron chi connectivity index (χ0n) is 18.5. The highest BCUT2D eigenvalue weighted by Crippen LogP contribution is 2.49. The number of nitrogens with zero attached hydrogens (tertiary/aromatic N) is 2. The number of hydrogen-bond donors (Lipinski definition) is 0. The van der Waals surface area contributed by atoms with Gasteiger partial charge in [-0.2, -0.15) is 5.26 Å². The van der Waals surface area contributed by atoms with Gasteiger partial charge >= 0.3 is 0 Å². The van der Waals surface area contributed by atoms with Crippen molar-refractivity contribution in [1.82, 2.24) is 0 Å². The summed E-state index contributed by atoms with van der Waals surface area (Å²) >= 11 is 0. The Labute approximate surface area is 190 Å². The molecule has 0 saturated carbocycles. The molecule has 0 bridgehead atoms. The Morgan fingerprint density at radius 1 is 1.03 bits per heavy atom. The first-order valence-corrected chi connectivity index (χ1v) is 11.2. The van der Waals surface area contributed by atoms with Gasteiger partial charge in [0.15, 0.2) is 0 Å². The van der Waals surface area contributed by atoms with Gasteiger partial charge in [0.1, 0.15) is 0 Å². The second-order valence-corrected chi connectivity index (χ2v) is 9.03. The fourth-order valence-corrected chi connectivity index (χ4v) is 4.77. The van der Waals surface area contributed by atoms with Crippen LogP contribution in [0.5, 0.6) is 0 Å². The summed E-state index contributed by atoms with van der Waals surface area (Å²) in [5.74, 6) is 0.451. The highest BCUT2D eigenvalue weighted by Gasteiger charge is 2.37. The van der Waals surface area contributed by atoms with E-state index in [1.807, 2.05) is 24.3 Å². The second kappa shape index (κ2) is 8.09. The van der Waals surface area contributed by atoms with Crippen molar-refractivity contribution in [2.24, 2.45) is 10.4 Å². The number of allylic oxidation sites excluding steroid dienone is 9. The lowest BCUT2D eigenvalue weighted by Gasteiger charge is -2.37. The van der Waals surface area contributed by atoms with Crippen LogP contribution in [0.2, 0.25) is 0 Å². The smallest absolute Gasteiger partial charge is 0.0991 e. The number of hydrogen-bond acceptors (Lipinski definition) is 2. The van der Waals surface area contributed by atoms with E-state index in [1.54, 1.807) is 0 Å². The molecule has 2 atom stereocenters. The molecular formula is C30H26N2. The van der Waals surface area contributed by atoms with Gasteiger partial charge in [-0.25, -0.2) is 0 Å². The van der Waals surface area contributed by atoms with Crippen molar-refractivity contribution >= 4 is 11.3 Å². The summed E-state index contributed by atoms with van der Waals surface area (Å²) in [5, 5.41) is 9.13. The maximum absolute atomic E-state index is 9.13. The molecule has 32 heavy (non-hydrogen) atoms. The average Bonchev–Trinajstić information content (AvgIpc) is 2.84. The summed E-state index contributed by atoms with van der Waals surface area (Å²) in [6.07, 6.45) is 17.6. The first kappa shape index (κ1) is 20.2. The minimum absolute atomic E-state index is 0.142. The van der Waals surface area contributed by atoms with E-state index >= 15 is 0 Å². The Balaban J connectivity index is 1.53. The van der Waals surface area contributed by atoms with E-state index in [0.29, 0.717) is 11.5 Å². The molecular weight excluding hydrogens is 388 g/mol. The van der Waals surface area contributed by atoms with E-state index in [9.17, 15) is 0 Å². The molecule has 0 radical (unpaired) electrons. The summed E-state index contributed by atoms with van der Waals surface area (Å²) < 4.78 is 0. The number of dihydropyridines is 1. The van der Waals surface area contributed by atoms with E-state index in [4.69, 9.17) is 10.3 Å². The quantitative estimate of drug-likeness (QED) is 0.519. The van der Waals surface area contributed by atoms with E-state index in [2.05, 4.69) is 86.7 Å². The normalized spacial score (nSPS) is 24.0. The van der Waals surface area contributed by atoms with Crippen LogP contribution in [0.4, 0.5) is 0 Å². The topological polar surface area (TPSA) is 36.1 Å². The Kier molecular flexibility index (Phi) is 5.11. The third-order valence-corrected chi connectivity index (χ3v) is 6.84. The molecule has 2 aromatic rings. The average molecular weight is 415 g/mol. The molecule has 5 rings (SSSR count). The Morgan fingerprint density at radius 3 is 2.47 bits per heavy atom. The van der Waals surface area contributed by atoms with Crippen LogP contribution in [-0.2, 0) is 0 Å². The van der Waals surface area contributed by atoms with Gasteiger partial charge in [0.25, 0.3) is 0 Å². The molecule has 1 aliphatic heterocycles. The van der Waals surface area contributed by atoms with Crippen molar-refractivity contribution in [3.8, 4) is 6.07 Å². The first-order valence-electron chi connectivity index (χ1n) is 11.2. The number of fused-ring (bicyclic) bond motifs is 1. The lowest BCUT2D eigenvalue weighted by atomic mass is 9.69. The van der Waals surface area contributed by atoms with Gasteiger partial charge in [0.05, 0.1) is 23.0 Å². The summed E-state index contributed by atoms with van der Waals surface area (Å²) in [6, 6.07) is 19.0. The number of aliphatic imine (C=N–C) groups is 1. The van der Waals surface area contributed by atoms with Gasteiger partial charge in [-0.3, -0.25) is 4.99 Å². The van der Waals surface area contributed by atoms with Crippen LogP contribution in [0.1, 0.15) is 54.9 Å². The van der Waals surface area contributed by atoms with Crippen LogP contribution < -0.4 is 0 Å². The minimum atomic E-state index is -0.142. The largest absolute Gasteiger partial charge is 0.252 e. The number of benzene rings is 2. The SMILES string of the molecule is CC1=CCC(c2ccc(C3=CC(c4ccc(C#N)cc4)=NC4=CC=CCC43C)cc2)C=C1. The van der Waals surface area contributed by atoms with Crippen LogP contribution in [0.15, 0.2) is 107 Å². The molecule has 0 amide bonds. The molecule has 0 aromatic heterocycles. The Morgan fingerprint density at radius 2 is 1.78 bits per heavy atom. The van der Waals surface area contributed by atoms with Gasteiger partial charge in [-0.15, -0.1) is 0 Å². The monoisotopic (exact) mass is 414 g/mol. The van der Waals surface area contributed by atoms with Gasteiger partial charge in [0.2, 0.25) is 0 Å². The third kappa shape index (κ3) is 3.61. The molecule has 0 fully saturated rings. The van der Waals surface area contributed by atoms with E-state index in [-0.39, 0.29) is 5.41 Å². The number of rotatable bonds is 3. The summed E-state index contributed by atoms with van der Waals surface area (Å²) in [6.45, 7) is 4.45. The zero-order chi connectivity index (χ0) is 22.1. The van der Waals surface area contributed by atoms with Crippen molar-refractivity contribution in [3.63, 3.8) is 0 Å². The molecule has 2 aromatic carbocycles. The molecule has 156 valence electrons. The fourth-order valence-electron chi connectivity index (χ4n) is 4.77. The van der Waals surface area contributed by atoms with Crippen LogP contribution in [0.3, 0.4) is 0 Å². The molecule has 3 aliphatic rings. The van der Waals surface area contributed by atoms with Crippen LogP contribution in [0.25, 0.3) is 5.57 Å². The van der Waals surface area contributed by atoms with Gasteiger partial charge < -0.3 is 0 Å². The molecule has 0 N–H and O–H groups in total. The molecule has 2 heteroatoms. The minimum Gasteiger partial charge on any atom is -0.252 e. The predicted molar refractivity (Wildman–Crippen MR) is 132 cm³/mol. The molecule has 0 saturated heterocycles. The molecule has 2 aliphatic carbocycles. The van der Waals surface area contributed by atoms with Gasteiger partial charge in [0, 0.05) is 16.9 Å². The Hall–Kier alpha value is -3.70. The third-order valence-electron chi connectivity index (χ3n) is 6.84. The predicted octanol–water partition coefficient (Wildman–Crippen LogP) is 7.28. The van der Waals surface area contributed by atoms with Crippen molar-refractivity contribution in [2.75, 3.05) is 0 Å². The Bertz CT molecular complexity index is 1270. The number of nitriles is 1. The second-order valence-electron chi connectivity index (χ2n) is 9.03. The lowest BCUT2D eigenvalue weighted by molar-refractivity contribution is 0.528. The van der Waals surface area contributed by atoms with Crippen LogP contribution >= 0.6 is 0 Å². The van der Waals surface area contributed by atoms with Crippen molar-refractivity contribution in [2.45, 2.75) is 32.6 Å². The van der Waals surface area contributed by atoms with Gasteiger partial charge in [-0.1, -0.05) is 72.4 Å². The molecule has 2 nitrogen and oxygen atoms in total. The van der Waals surface area contributed by atoms with Crippen molar-refractivity contribution in [1.29, 1.82) is 5.26 Å². The zero-order valence-corrected chi connectivity index (χ0v) is 18.5. The summed E-state index contributed by atoms with van der Waals surface area (Å²) in [5.41, 5.74) is 8.83. The standard InChI is InChI=1S/C30H26N2/c1-21-6-10-23(11-7-21)24-14-16-25(17-15-24)27-19-28(26-12-8-22(20-31)9-13-26)32-29-5-3-4-18-30(27,29)2/h3-10,12-17,19,23H,11,18H2,1-2H3. The van der Waals surface area contributed by atoms with Crippen LogP contribution in [0, 0.1) is 16.7 Å². The molecule has 1 heterocycles. The maximum Gasteiger partial charge on any atom is 0.0991 e. The van der Waals surface area contributed by atoms with E-state index < -0.39 is 0 Å². The maximum atomic E-state index is 9.13. The highest BCUT2D eigenvalue weighted by molar-refractivity contribution is 6.14. The lowest BCUT2D eigenvalue weighted by Crippen LogP contribution is -2.26. The molecule has 0 spiro atoms. The first-order chi connectivity index (χ1) is 15.6. The van der Waals surface area contributed by atoms with E-state index in [0.717, 1.165) is 29.8 Å². The molecule has 2 unspecified atom stereocenters. The highest BCUT2D eigenvalue weighted by atomic mass is 14.8. The van der Waals surface area contributed by atoms with Gasteiger partial charge in [-0.05, 0) is 67.7 Å². The summed E-state index contributed by atoms with van der Waals surface area (Å²) in [7, 11) is 0. The fraction of sp³-hybridized carbons (Fsp3) is 0.200.